The van der Waals surface area contributed by atoms with Gasteiger partial charge in [0.2, 0.25) is 0 Å². The maximum absolute atomic E-state index is 14.2. The van der Waals surface area contributed by atoms with Crippen LogP contribution in [0, 0.1) is 29.4 Å². The van der Waals surface area contributed by atoms with Gasteiger partial charge in [0.1, 0.15) is 11.6 Å². The highest BCUT2D eigenvalue weighted by molar-refractivity contribution is 5.61. The molecule has 1 nitrogen and oxygen atoms in total. The van der Waals surface area contributed by atoms with Crippen molar-refractivity contribution in [3.8, 4) is 23.1 Å². The fourth-order valence-electron chi connectivity index (χ4n) is 4.26. The molecule has 1 aromatic heterocycles. The van der Waals surface area contributed by atoms with Crippen LogP contribution in [0.3, 0.4) is 0 Å². The number of aromatic nitrogens is 1. The molecule has 1 heterocycles. The minimum Gasteiger partial charge on any atom is -0.256 e. The Morgan fingerprint density at radius 2 is 1.68 bits per heavy atom. The van der Waals surface area contributed by atoms with E-state index in [-0.39, 0.29) is 5.56 Å². The molecule has 3 rings (SSSR count). The number of pyridine rings is 1. The molecule has 166 valence electrons. The molecule has 1 saturated carbocycles. The molecule has 0 radical (unpaired) electrons. The quantitative estimate of drug-likeness (QED) is 0.256. The first-order valence-corrected chi connectivity index (χ1v) is 10.8. The van der Waals surface area contributed by atoms with Crippen LogP contribution in [0.25, 0.3) is 11.3 Å². The summed E-state index contributed by atoms with van der Waals surface area (Å²) in [5.41, 5.74) is 0.752. The molecule has 0 atom stereocenters. The molecule has 6 heteroatoms. The minimum absolute atomic E-state index is 0.166. The zero-order valence-corrected chi connectivity index (χ0v) is 17.5. The van der Waals surface area contributed by atoms with Gasteiger partial charge in [-0.15, -0.1) is 0 Å². The van der Waals surface area contributed by atoms with E-state index in [1.54, 1.807) is 12.3 Å². The summed E-state index contributed by atoms with van der Waals surface area (Å²) in [6.45, 7) is 2.22. The number of unbranched alkanes of at least 4 members (excludes halogenated alkanes) is 2. The number of benzene rings is 1. The Hall–Kier alpha value is -2.42. The molecule has 0 amide bonds. The largest absolute Gasteiger partial charge is 0.458 e. The molecule has 1 aromatic carbocycles. The lowest BCUT2D eigenvalue weighted by atomic mass is 9.77. The SMILES string of the molecule is CCCCCC1CCC(c2ccc(-c3cc(F)c(C#CC(F)(F)F)c(F)c3)nc2)CC1. The molecule has 1 aliphatic rings. The molecule has 1 fully saturated rings. The summed E-state index contributed by atoms with van der Waals surface area (Å²) >= 11 is 0. The van der Waals surface area contributed by atoms with Crippen molar-refractivity contribution >= 4 is 0 Å². The van der Waals surface area contributed by atoms with Crippen molar-refractivity contribution in [1.29, 1.82) is 0 Å². The summed E-state index contributed by atoms with van der Waals surface area (Å²) in [7, 11) is 0. The van der Waals surface area contributed by atoms with Gasteiger partial charge in [-0.25, -0.2) is 8.78 Å². The number of halogens is 5. The zero-order chi connectivity index (χ0) is 22.4. The van der Waals surface area contributed by atoms with Crippen molar-refractivity contribution in [2.24, 2.45) is 5.92 Å². The lowest BCUT2D eigenvalue weighted by molar-refractivity contribution is -0.0696. The van der Waals surface area contributed by atoms with Crippen molar-refractivity contribution in [2.75, 3.05) is 0 Å². The normalized spacial score (nSPS) is 19.0. The van der Waals surface area contributed by atoms with Crippen LogP contribution in [-0.4, -0.2) is 11.2 Å². The molecule has 31 heavy (non-hydrogen) atoms. The second-order valence-corrected chi connectivity index (χ2v) is 8.25. The van der Waals surface area contributed by atoms with Crippen molar-refractivity contribution in [1.82, 2.24) is 4.98 Å². The fraction of sp³-hybridized carbons (Fsp3) is 0.480. The van der Waals surface area contributed by atoms with Crippen LogP contribution in [0.1, 0.15) is 75.3 Å². The van der Waals surface area contributed by atoms with Gasteiger partial charge in [0.25, 0.3) is 0 Å². The summed E-state index contributed by atoms with van der Waals surface area (Å²) in [6.07, 6.45) is 6.73. The highest BCUT2D eigenvalue weighted by Crippen LogP contribution is 2.38. The number of rotatable bonds is 6. The first kappa shape index (κ1) is 23.2. The lowest BCUT2D eigenvalue weighted by Crippen LogP contribution is -2.13. The molecule has 2 aromatic rings. The number of alkyl halides is 3. The van der Waals surface area contributed by atoms with E-state index < -0.39 is 23.4 Å². The van der Waals surface area contributed by atoms with Gasteiger partial charge in [-0.1, -0.05) is 44.6 Å². The van der Waals surface area contributed by atoms with Crippen LogP contribution in [0.2, 0.25) is 0 Å². The van der Waals surface area contributed by atoms with Crippen LogP contribution in [0.5, 0.6) is 0 Å². The number of hydrogen-bond donors (Lipinski definition) is 0. The molecular weight excluding hydrogens is 409 g/mol. The Kier molecular flexibility index (Phi) is 7.69. The maximum atomic E-state index is 14.2. The van der Waals surface area contributed by atoms with E-state index in [0.717, 1.165) is 42.4 Å². The molecule has 0 N–H and O–H groups in total. The van der Waals surface area contributed by atoms with E-state index in [1.165, 1.54) is 44.4 Å². The van der Waals surface area contributed by atoms with Crippen molar-refractivity contribution in [3.05, 3.63) is 53.2 Å². The molecule has 0 spiro atoms. The molecule has 0 saturated heterocycles. The summed E-state index contributed by atoms with van der Waals surface area (Å²) in [5.74, 6) is 1.39. The second kappa shape index (κ2) is 10.3. The lowest BCUT2D eigenvalue weighted by Gasteiger charge is -2.28. The van der Waals surface area contributed by atoms with E-state index >= 15 is 0 Å². The van der Waals surface area contributed by atoms with Gasteiger partial charge in [0, 0.05) is 17.7 Å². The standard InChI is InChI=1S/C25H26F5N/c1-2-3-4-5-17-6-8-18(9-7-17)19-10-11-24(31-16-19)20-14-22(26)21(23(27)15-20)12-13-25(28,29)30/h10-11,14-18H,2-9H2,1H3. The van der Waals surface area contributed by atoms with Gasteiger partial charge in [-0.3, -0.25) is 4.98 Å². The monoisotopic (exact) mass is 435 g/mol. The van der Waals surface area contributed by atoms with Gasteiger partial charge in [-0.05, 0) is 61.3 Å². The minimum atomic E-state index is -4.82. The third-order valence-electron chi connectivity index (χ3n) is 5.99. The molecular formula is C25H26F5N. The van der Waals surface area contributed by atoms with Gasteiger partial charge in [-0.2, -0.15) is 13.2 Å². The maximum Gasteiger partial charge on any atom is 0.458 e. The number of nitrogens with zero attached hydrogens (tertiary/aromatic N) is 1. The third kappa shape index (κ3) is 6.53. The van der Waals surface area contributed by atoms with Gasteiger partial charge >= 0.3 is 6.18 Å². The van der Waals surface area contributed by atoms with E-state index in [9.17, 15) is 22.0 Å². The topological polar surface area (TPSA) is 12.9 Å². The van der Waals surface area contributed by atoms with Gasteiger partial charge < -0.3 is 0 Å². The highest BCUT2D eigenvalue weighted by atomic mass is 19.4. The average Bonchev–Trinajstić information content (AvgIpc) is 2.73. The smallest absolute Gasteiger partial charge is 0.256 e. The van der Waals surface area contributed by atoms with Gasteiger partial charge in [0.15, 0.2) is 0 Å². The Labute approximate surface area is 180 Å². The Morgan fingerprint density at radius 3 is 2.23 bits per heavy atom. The predicted molar refractivity (Wildman–Crippen MR) is 111 cm³/mol. The summed E-state index contributed by atoms with van der Waals surface area (Å²) < 4.78 is 64.9. The van der Waals surface area contributed by atoms with Crippen LogP contribution in [0.4, 0.5) is 22.0 Å². The van der Waals surface area contributed by atoms with Crippen LogP contribution in [-0.2, 0) is 0 Å². The molecule has 0 aliphatic heterocycles. The summed E-state index contributed by atoms with van der Waals surface area (Å²) in [5, 5.41) is 0. The van der Waals surface area contributed by atoms with Crippen molar-refractivity contribution in [3.63, 3.8) is 0 Å². The van der Waals surface area contributed by atoms with E-state index in [2.05, 4.69) is 11.9 Å². The fourth-order valence-corrected chi connectivity index (χ4v) is 4.26. The molecule has 0 unspecified atom stereocenters. The number of hydrogen-bond acceptors (Lipinski definition) is 1. The van der Waals surface area contributed by atoms with Crippen LogP contribution < -0.4 is 0 Å². The predicted octanol–water partition coefficient (Wildman–Crippen LogP) is 7.79. The molecule has 0 bridgehead atoms. The van der Waals surface area contributed by atoms with Crippen molar-refractivity contribution < 1.29 is 22.0 Å². The van der Waals surface area contributed by atoms with E-state index in [1.807, 2.05) is 6.07 Å². The zero-order valence-electron chi connectivity index (χ0n) is 17.5. The average molecular weight is 435 g/mol. The second-order valence-electron chi connectivity index (χ2n) is 8.25. The summed E-state index contributed by atoms with van der Waals surface area (Å²) in [6, 6.07) is 5.56. The molecule has 1 aliphatic carbocycles. The van der Waals surface area contributed by atoms with E-state index in [4.69, 9.17) is 0 Å². The Morgan fingerprint density at radius 1 is 1.00 bits per heavy atom. The Bertz CT molecular complexity index is 906. The van der Waals surface area contributed by atoms with Crippen LogP contribution in [0.15, 0.2) is 30.5 Å². The Balaban J connectivity index is 1.67. The highest BCUT2D eigenvalue weighted by Gasteiger charge is 2.24. The van der Waals surface area contributed by atoms with E-state index in [0.29, 0.717) is 11.6 Å². The third-order valence-corrected chi connectivity index (χ3v) is 5.99. The van der Waals surface area contributed by atoms with Crippen molar-refractivity contribution in [2.45, 2.75) is 70.4 Å². The first-order valence-electron chi connectivity index (χ1n) is 10.8. The first-order chi connectivity index (χ1) is 14.8. The van der Waals surface area contributed by atoms with Crippen LogP contribution >= 0.6 is 0 Å². The van der Waals surface area contributed by atoms with Gasteiger partial charge in [0.05, 0.1) is 11.3 Å². The summed E-state index contributed by atoms with van der Waals surface area (Å²) in [4.78, 5) is 4.35.